The SMILES string of the molecule is Cc1cc(NC(=O)[C@H](C)NC(=O)c2cccc(Br)c2)no1. The average Bonchev–Trinajstić information content (AvgIpc) is 2.84. The molecule has 2 amide bonds. The molecule has 0 radical (unpaired) electrons. The Morgan fingerprint density at radius 3 is 2.71 bits per heavy atom. The van der Waals surface area contributed by atoms with Crippen LogP contribution in [0.2, 0.25) is 0 Å². The van der Waals surface area contributed by atoms with Crippen molar-refractivity contribution >= 4 is 33.6 Å². The van der Waals surface area contributed by atoms with Crippen LogP contribution in [-0.2, 0) is 4.79 Å². The number of hydrogen-bond acceptors (Lipinski definition) is 4. The summed E-state index contributed by atoms with van der Waals surface area (Å²) in [7, 11) is 0. The lowest BCUT2D eigenvalue weighted by molar-refractivity contribution is -0.117. The van der Waals surface area contributed by atoms with Gasteiger partial charge in [0.25, 0.3) is 5.91 Å². The monoisotopic (exact) mass is 351 g/mol. The van der Waals surface area contributed by atoms with Gasteiger partial charge in [0, 0.05) is 16.1 Å². The molecule has 1 aromatic carbocycles. The standard InChI is InChI=1S/C14H14BrN3O3/c1-8-6-12(18-21-8)17-13(19)9(2)16-14(20)10-4-3-5-11(15)7-10/h3-7,9H,1-2H3,(H,16,20)(H,17,18,19)/t9-/m0/s1. The van der Waals surface area contributed by atoms with Gasteiger partial charge in [0.2, 0.25) is 5.91 Å². The molecule has 21 heavy (non-hydrogen) atoms. The van der Waals surface area contributed by atoms with Crippen LogP contribution in [0.5, 0.6) is 0 Å². The predicted molar refractivity (Wildman–Crippen MR) is 80.9 cm³/mol. The topological polar surface area (TPSA) is 84.2 Å². The zero-order valence-corrected chi connectivity index (χ0v) is 13.1. The summed E-state index contributed by atoms with van der Waals surface area (Å²) < 4.78 is 5.65. The number of anilines is 1. The number of rotatable bonds is 4. The Morgan fingerprint density at radius 2 is 2.10 bits per heavy atom. The number of carbonyl (C=O) groups excluding carboxylic acids is 2. The van der Waals surface area contributed by atoms with Crippen molar-refractivity contribution in [2.45, 2.75) is 19.9 Å². The van der Waals surface area contributed by atoms with Crippen molar-refractivity contribution < 1.29 is 14.1 Å². The molecule has 0 aliphatic rings. The number of hydrogen-bond donors (Lipinski definition) is 2. The van der Waals surface area contributed by atoms with Crippen LogP contribution < -0.4 is 10.6 Å². The fraction of sp³-hybridized carbons (Fsp3) is 0.214. The van der Waals surface area contributed by atoms with Crippen LogP contribution in [0, 0.1) is 6.92 Å². The van der Waals surface area contributed by atoms with Crippen molar-refractivity contribution in [2.75, 3.05) is 5.32 Å². The van der Waals surface area contributed by atoms with Gasteiger partial charge >= 0.3 is 0 Å². The molecule has 0 fully saturated rings. The first-order chi connectivity index (χ1) is 9.95. The molecule has 1 aromatic heterocycles. The van der Waals surface area contributed by atoms with Gasteiger partial charge in [0.15, 0.2) is 5.82 Å². The Kier molecular flexibility index (Phi) is 4.74. The highest BCUT2D eigenvalue weighted by atomic mass is 79.9. The number of carbonyl (C=O) groups is 2. The first-order valence-electron chi connectivity index (χ1n) is 6.26. The maximum Gasteiger partial charge on any atom is 0.251 e. The summed E-state index contributed by atoms with van der Waals surface area (Å²) >= 11 is 3.29. The molecule has 2 N–H and O–H groups in total. The summed E-state index contributed by atoms with van der Waals surface area (Å²) in [6.45, 7) is 3.32. The third kappa shape index (κ3) is 4.16. The fourth-order valence-electron chi connectivity index (χ4n) is 1.64. The van der Waals surface area contributed by atoms with Crippen LogP contribution in [-0.4, -0.2) is 23.0 Å². The summed E-state index contributed by atoms with van der Waals surface area (Å²) in [5.74, 6) is 0.221. The maximum atomic E-state index is 12.0. The molecule has 7 heteroatoms. The van der Waals surface area contributed by atoms with E-state index in [9.17, 15) is 9.59 Å². The van der Waals surface area contributed by atoms with Crippen LogP contribution in [0.1, 0.15) is 23.0 Å². The van der Waals surface area contributed by atoms with Crippen molar-refractivity contribution in [1.29, 1.82) is 0 Å². The zero-order chi connectivity index (χ0) is 15.4. The highest BCUT2D eigenvalue weighted by Crippen LogP contribution is 2.12. The number of halogens is 1. The lowest BCUT2D eigenvalue weighted by Crippen LogP contribution is -2.41. The molecule has 0 aliphatic carbocycles. The normalized spacial score (nSPS) is 11.8. The molecule has 0 spiro atoms. The quantitative estimate of drug-likeness (QED) is 0.886. The van der Waals surface area contributed by atoms with Gasteiger partial charge in [0.05, 0.1) is 0 Å². The second-order valence-electron chi connectivity index (χ2n) is 4.52. The van der Waals surface area contributed by atoms with Crippen LogP contribution in [0.15, 0.2) is 39.3 Å². The van der Waals surface area contributed by atoms with Gasteiger partial charge in [-0.05, 0) is 32.0 Å². The smallest absolute Gasteiger partial charge is 0.251 e. The van der Waals surface area contributed by atoms with Crippen molar-refractivity contribution in [3.63, 3.8) is 0 Å². The summed E-state index contributed by atoms with van der Waals surface area (Å²) in [6, 6.07) is 7.82. The van der Waals surface area contributed by atoms with Gasteiger partial charge in [-0.1, -0.05) is 27.2 Å². The molecule has 0 unspecified atom stereocenters. The zero-order valence-electron chi connectivity index (χ0n) is 11.5. The third-order valence-electron chi connectivity index (χ3n) is 2.71. The minimum absolute atomic E-state index is 0.320. The number of nitrogens with zero attached hydrogens (tertiary/aromatic N) is 1. The Morgan fingerprint density at radius 1 is 1.33 bits per heavy atom. The first kappa shape index (κ1) is 15.2. The van der Waals surface area contributed by atoms with Crippen LogP contribution in [0.4, 0.5) is 5.82 Å². The van der Waals surface area contributed by atoms with Gasteiger partial charge in [-0.25, -0.2) is 0 Å². The highest BCUT2D eigenvalue weighted by molar-refractivity contribution is 9.10. The summed E-state index contributed by atoms with van der Waals surface area (Å²) in [4.78, 5) is 24.0. The Hall–Kier alpha value is -2.15. The molecule has 2 aromatic rings. The fourth-order valence-corrected chi connectivity index (χ4v) is 2.03. The Balaban J connectivity index is 1.95. The summed E-state index contributed by atoms with van der Waals surface area (Å²) in [5, 5.41) is 8.84. The number of benzene rings is 1. The van der Waals surface area contributed by atoms with Gasteiger partial charge in [0.1, 0.15) is 11.8 Å². The van der Waals surface area contributed by atoms with E-state index in [1.807, 2.05) is 6.07 Å². The molecule has 110 valence electrons. The average molecular weight is 352 g/mol. The molecule has 0 aliphatic heterocycles. The van der Waals surface area contributed by atoms with Crippen LogP contribution in [0.25, 0.3) is 0 Å². The van der Waals surface area contributed by atoms with Gasteiger partial charge in [-0.2, -0.15) is 0 Å². The molecule has 0 saturated carbocycles. The molecule has 0 bridgehead atoms. The van der Waals surface area contributed by atoms with E-state index in [4.69, 9.17) is 4.52 Å². The maximum absolute atomic E-state index is 12.0. The minimum atomic E-state index is -0.700. The van der Waals surface area contributed by atoms with E-state index in [1.165, 1.54) is 0 Å². The van der Waals surface area contributed by atoms with E-state index in [0.29, 0.717) is 17.1 Å². The van der Waals surface area contributed by atoms with Crippen molar-refractivity contribution in [2.24, 2.45) is 0 Å². The van der Waals surface area contributed by atoms with Gasteiger partial charge < -0.3 is 15.2 Å². The van der Waals surface area contributed by atoms with Gasteiger partial charge in [-0.15, -0.1) is 0 Å². The van der Waals surface area contributed by atoms with Crippen molar-refractivity contribution in [1.82, 2.24) is 10.5 Å². The van der Waals surface area contributed by atoms with E-state index in [2.05, 4.69) is 31.7 Å². The van der Waals surface area contributed by atoms with Crippen molar-refractivity contribution in [3.8, 4) is 0 Å². The van der Waals surface area contributed by atoms with E-state index in [-0.39, 0.29) is 11.8 Å². The Labute approximate surface area is 130 Å². The number of aromatic nitrogens is 1. The van der Waals surface area contributed by atoms with Crippen LogP contribution in [0.3, 0.4) is 0 Å². The largest absolute Gasteiger partial charge is 0.360 e. The van der Waals surface area contributed by atoms with E-state index < -0.39 is 6.04 Å². The highest BCUT2D eigenvalue weighted by Gasteiger charge is 2.17. The van der Waals surface area contributed by atoms with E-state index in [1.54, 1.807) is 38.1 Å². The molecule has 6 nitrogen and oxygen atoms in total. The Bertz CT molecular complexity index is 669. The van der Waals surface area contributed by atoms with Crippen molar-refractivity contribution in [3.05, 3.63) is 46.1 Å². The number of aryl methyl sites for hydroxylation is 1. The molecule has 1 atom stereocenters. The molecule has 1 heterocycles. The predicted octanol–water partition coefficient (Wildman–Crippen LogP) is 2.50. The second kappa shape index (κ2) is 6.53. The van der Waals surface area contributed by atoms with E-state index in [0.717, 1.165) is 4.47 Å². The number of nitrogens with one attached hydrogen (secondary N) is 2. The second-order valence-corrected chi connectivity index (χ2v) is 5.43. The van der Waals surface area contributed by atoms with Crippen LogP contribution >= 0.6 is 15.9 Å². The van der Waals surface area contributed by atoms with E-state index >= 15 is 0 Å². The first-order valence-corrected chi connectivity index (χ1v) is 7.05. The summed E-state index contributed by atoms with van der Waals surface area (Å²) in [5.41, 5.74) is 0.473. The molecular weight excluding hydrogens is 338 g/mol. The summed E-state index contributed by atoms with van der Waals surface area (Å²) in [6.07, 6.45) is 0. The molecular formula is C14H14BrN3O3. The number of amides is 2. The third-order valence-corrected chi connectivity index (χ3v) is 3.20. The minimum Gasteiger partial charge on any atom is -0.360 e. The molecule has 2 rings (SSSR count). The lowest BCUT2D eigenvalue weighted by atomic mass is 10.2. The lowest BCUT2D eigenvalue weighted by Gasteiger charge is -2.13. The molecule has 0 saturated heterocycles. The van der Waals surface area contributed by atoms with Gasteiger partial charge in [-0.3, -0.25) is 9.59 Å².